The third-order valence-electron chi connectivity index (χ3n) is 9.87. The summed E-state index contributed by atoms with van der Waals surface area (Å²) in [5.74, 6) is 0.227. The van der Waals surface area contributed by atoms with Crippen LogP contribution in [-0.4, -0.2) is 75.1 Å². The van der Waals surface area contributed by atoms with Crippen molar-refractivity contribution in [2.75, 3.05) is 47.8 Å². The number of piperidine rings is 1. The van der Waals surface area contributed by atoms with Crippen molar-refractivity contribution in [3.05, 3.63) is 102 Å². The van der Waals surface area contributed by atoms with Gasteiger partial charge in [0.2, 0.25) is 11.8 Å². The van der Waals surface area contributed by atoms with Gasteiger partial charge in [0.05, 0.1) is 23.5 Å². The number of halogens is 2. The second-order valence-electron chi connectivity index (χ2n) is 13.1. The molecule has 0 spiro atoms. The third-order valence-corrected chi connectivity index (χ3v) is 9.87. The summed E-state index contributed by atoms with van der Waals surface area (Å²) in [4.78, 5) is 40.3. The Morgan fingerprint density at radius 1 is 0.880 bits per heavy atom. The molecule has 0 radical (unpaired) electrons. The van der Waals surface area contributed by atoms with Crippen LogP contribution in [0.3, 0.4) is 0 Å². The molecule has 2 aromatic carbocycles. The quantitative estimate of drug-likeness (QED) is 0.221. The van der Waals surface area contributed by atoms with Crippen LogP contribution in [0.25, 0.3) is 16.9 Å². The smallest absolute Gasteiger partial charge is 0.249 e. The molecule has 3 fully saturated rings. The SMILES string of the molecule is O=C1CCC(Nc2ccc(CN3CCN(c4cccc(-c5cnn6ccc(N7CCC[C@@H]7c7cc(F)ccc7F)nc56)n4)CC3)cc2)C(=O)N1. The predicted octanol–water partition coefficient (Wildman–Crippen LogP) is 4.95. The molecule has 50 heavy (non-hydrogen) atoms. The lowest BCUT2D eigenvalue weighted by molar-refractivity contribution is -0.133. The van der Waals surface area contributed by atoms with Crippen molar-refractivity contribution in [3.63, 3.8) is 0 Å². The van der Waals surface area contributed by atoms with Gasteiger partial charge in [-0.3, -0.25) is 19.8 Å². The Labute approximate surface area is 287 Å². The number of benzene rings is 2. The molecule has 2 atom stereocenters. The molecule has 3 saturated heterocycles. The number of fused-ring (bicyclic) bond motifs is 1. The van der Waals surface area contributed by atoms with E-state index >= 15 is 0 Å². The van der Waals surface area contributed by atoms with E-state index in [0.29, 0.717) is 42.8 Å². The van der Waals surface area contributed by atoms with E-state index in [4.69, 9.17) is 9.97 Å². The summed E-state index contributed by atoms with van der Waals surface area (Å²) in [5, 5.41) is 10.1. The van der Waals surface area contributed by atoms with Crippen LogP contribution in [0, 0.1) is 11.6 Å². The minimum Gasteiger partial charge on any atom is -0.374 e. The summed E-state index contributed by atoms with van der Waals surface area (Å²) in [6.07, 6.45) is 6.03. The number of imide groups is 1. The van der Waals surface area contributed by atoms with E-state index in [1.165, 1.54) is 17.7 Å². The van der Waals surface area contributed by atoms with Gasteiger partial charge >= 0.3 is 0 Å². The van der Waals surface area contributed by atoms with Gasteiger partial charge in [-0.1, -0.05) is 18.2 Å². The van der Waals surface area contributed by atoms with Crippen molar-refractivity contribution in [1.82, 2.24) is 29.8 Å². The van der Waals surface area contributed by atoms with Crippen molar-refractivity contribution >= 4 is 34.8 Å². The molecule has 0 saturated carbocycles. The maximum absolute atomic E-state index is 14.7. The third kappa shape index (κ3) is 6.48. The molecule has 13 heteroatoms. The Bertz CT molecular complexity index is 2040. The Morgan fingerprint density at radius 2 is 1.72 bits per heavy atom. The topological polar surface area (TPSA) is 111 Å². The van der Waals surface area contributed by atoms with Crippen LogP contribution in [-0.2, 0) is 16.1 Å². The summed E-state index contributed by atoms with van der Waals surface area (Å²) < 4.78 is 30.5. The average Bonchev–Trinajstić information content (AvgIpc) is 3.79. The van der Waals surface area contributed by atoms with Crippen LogP contribution >= 0.6 is 0 Å². The fourth-order valence-corrected chi connectivity index (χ4v) is 7.22. The summed E-state index contributed by atoms with van der Waals surface area (Å²) in [6.45, 7) is 4.94. The maximum atomic E-state index is 14.7. The molecule has 1 unspecified atom stereocenters. The molecular formula is C37H37F2N9O2. The van der Waals surface area contributed by atoms with E-state index in [9.17, 15) is 18.4 Å². The lowest BCUT2D eigenvalue weighted by Gasteiger charge is -2.35. The highest BCUT2D eigenvalue weighted by molar-refractivity contribution is 6.01. The molecule has 0 aliphatic carbocycles. The highest BCUT2D eigenvalue weighted by Crippen LogP contribution is 2.37. The van der Waals surface area contributed by atoms with E-state index in [0.717, 1.165) is 68.0 Å². The monoisotopic (exact) mass is 677 g/mol. The molecule has 0 bridgehead atoms. The molecule has 6 heterocycles. The fourth-order valence-electron chi connectivity index (χ4n) is 7.22. The number of piperazine rings is 1. The Balaban J connectivity index is 0.922. The zero-order chi connectivity index (χ0) is 34.2. The van der Waals surface area contributed by atoms with E-state index < -0.39 is 17.7 Å². The van der Waals surface area contributed by atoms with Crippen LogP contribution < -0.4 is 20.4 Å². The van der Waals surface area contributed by atoms with Crippen molar-refractivity contribution < 1.29 is 18.4 Å². The maximum Gasteiger partial charge on any atom is 0.249 e. The highest BCUT2D eigenvalue weighted by Gasteiger charge is 2.30. The molecule has 8 rings (SSSR count). The van der Waals surface area contributed by atoms with E-state index in [2.05, 4.69) is 37.7 Å². The van der Waals surface area contributed by atoms with E-state index in [1.54, 1.807) is 10.7 Å². The van der Waals surface area contributed by atoms with E-state index in [1.807, 2.05) is 47.5 Å². The van der Waals surface area contributed by atoms with Gasteiger partial charge in [0.25, 0.3) is 0 Å². The second kappa shape index (κ2) is 13.5. The molecule has 2 amide bonds. The van der Waals surface area contributed by atoms with Crippen molar-refractivity contribution in [2.24, 2.45) is 0 Å². The van der Waals surface area contributed by atoms with Crippen LogP contribution in [0.2, 0.25) is 0 Å². The number of carbonyl (C=O) groups is 2. The van der Waals surface area contributed by atoms with Crippen LogP contribution in [0.15, 0.2) is 79.1 Å². The molecule has 3 aromatic heterocycles. The number of anilines is 3. The normalized spacial score (nSPS) is 20.0. The first-order chi connectivity index (χ1) is 24.4. The number of nitrogens with zero attached hydrogens (tertiary/aromatic N) is 7. The zero-order valence-corrected chi connectivity index (χ0v) is 27.4. The number of nitrogens with one attached hydrogen (secondary N) is 2. The van der Waals surface area contributed by atoms with Gasteiger partial charge < -0.3 is 15.1 Å². The lowest BCUT2D eigenvalue weighted by Crippen LogP contribution is -2.47. The van der Waals surface area contributed by atoms with Gasteiger partial charge in [0.1, 0.15) is 29.3 Å². The Morgan fingerprint density at radius 3 is 2.54 bits per heavy atom. The standard InChI is InChI=1S/C37H37F2N9O2/c38-25-8-11-29(39)27(21-25)32-4-2-15-47(32)34-14-16-48-36(43-34)28(22-40-48)30-3-1-5-33(42-30)46-19-17-45(18-20-46)23-24-6-9-26(10-7-24)41-31-12-13-35(49)44-37(31)50/h1,3,5-11,14,16,21-22,31-32,41H,2,4,12-13,15,17-20,23H2,(H,44,49,50)/t31?,32-/m1/s1. The molecule has 5 aromatic rings. The largest absolute Gasteiger partial charge is 0.374 e. The first-order valence-electron chi connectivity index (χ1n) is 17.1. The van der Waals surface area contributed by atoms with Crippen LogP contribution in [0.1, 0.15) is 42.9 Å². The predicted molar refractivity (Wildman–Crippen MR) is 186 cm³/mol. The number of aromatic nitrogens is 4. The summed E-state index contributed by atoms with van der Waals surface area (Å²) in [5.41, 5.74) is 4.62. The molecular weight excluding hydrogens is 640 g/mol. The van der Waals surface area contributed by atoms with Gasteiger partial charge in [-0.05, 0) is 73.4 Å². The molecule has 3 aliphatic rings. The number of rotatable bonds is 8. The van der Waals surface area contributed by atoms with Crippen molar-refractivity contribution in [1.29, 1.82) is 0 Å². The number of hydrogen-bond donors (Lipinski definition) is 2. The van der Waals surface area contributed by atoms with Gasteiger partial charge in [0.15, 0.2) is 5.65 Å². The van der Waals surface area contributed by atoms with Gasteiger partial charge in [-0.2, -0.15) is 5.10 Å². The zero-order valence-electron chi connectivity index (χ0n) is 27.4. The second-order valence-corrected chi connectivity index (χ2v) is 13.1. The molecule has 3 aliphatic heterocycles. The molecule has 2 N–H and O–H groups in total. The first kappa shape index (κ1) is 31.8. The summed E-state index contributed by atoms with van der Waals surface area (Å²) >= 11 is 0. The number of pyridine rings is 1. The van der Waals surface area contributed by atoms with Gasteiger partial charge in [-0.25, -0.2) is 23.3 Å². The number of hydrogen-bond acceptors (Lipinski definition) is 9. The number of amides is 2. The fraction of sp³-hybridized carbons (Fsp3) is 0.324. The lowest BCUT2D eigenvalue weighted by atomic mass is 10.0. The van der Waals surface area contributed by atoms with E-state index in [-0.39, 0.29) is 17.9 Å². The Hall–Kier alpha value is -5.43. The average molecular weight is 678 g/mol. The van der Waals surface area contributed by atoms with Crippen molar-refractivity contribution in [2.45, 2.75) is 44.3 Å². The van der Waals surface area contributed by atoms with Gasteiger partial charge in [-0.15, -0.1) is 0 Å². The van der Waals surface area contributed by atoms with Gasteiger partial charge in [0, 0.05) is 63.1 Å². The van der Waals surface area contributed by atoms with Crippen LogP contribution in [0.4, 0.5) is 26.1 Å². The minimum atomic E-state index is -0.449. The number of carbonyl (C=O) groups excluding carboxylic acids is 2. The van der Waals surface area contributed by atoms with Crippen LogP contribution in [0.5, 0.6) is 0 Å². The summed E-state index contributed by atoms with van der Waals surface area (Å²) in [7, 11) is 0. The first-order valence-corrected chi connectivity index (χ1v) is 17.1. The minimum absolute atomic E-state index is 0.220. The summed E-state index contributed by atoms with van der Waals surface area (Å²) in [6, 6.07) is 18.9. The Kier molecular flexibility index (Phi) is 8.57. The molecule has 11 nitrogen and oxygen atoms in total. The van der Waals surface area contributed by atoms with Crippen molar-refractivity contribution in [3.8, 4) is 11.3 Å². The highest BCUT2D eigenvalue weighted by atomic mass is 19.1. The molecule has 256 valence electrons.